The lowest BCUT2D eigenvalue weighted by molar-refractivity contribution is -0.139. The van der Waals surface area contributed by atoms with Crippen LogP contribution in [0.1, 0.15) is 52.4 Å². The van der Waals surface area contributed by atoms with E-state index in [0.29, 0.717) is 56.1 Å². The van der Waals surface area contributed by atoms with Crippen LogP contribution < -0.4 is 19.3 Å². The minimum atomic E-state index is -0.751. The van der Waals surface area contributed by atoms with Crippen LogP contribution >= 0.6 is 11.8 Å². The summed E-state index contributed by atoms with van der Waals surface area (Å²) < 4.78 is 9.72. The van der Waals surface area contributed by atoms with Crippen molar-refractivity contribution in [2.75, 3.05) is 49.8 Å². The number of hydrogen-bond donors (Lipinski definition) is 1. The lowest BCUT2D eigenvalue weighted by Crippen LogP contribution is -2.55. The Morgan fingerprint density at radius 3 is 2.08 bits per heavy atom. The van der Waals surface area contributed by atoms with Gasteiger partial charge in [-0.15, -0.1) is 24.9 Å². The standard InChI is InChI=1S/C38H49N3O6S/c1-6-23-39(27-15-19-30(20-16-27)47-8-3)34(43)31-32-35(44)41(25-11-9-10-12-26-42)33(38(32)22-21-37(31,4)48-38)36(45)40(24-7-2)28-13-17-29(46-5)18-14-28/h6-7,13-20,31-33,42H,1-2,8-12,21-26H2,3-5H3/t31-,32-,33?,37+,38?/m0/s1. The number of unbranched alkanes of at least 4 members (excludes halogenated alkanes) is 3. The summed E-state index contributed by atoms with van der Waals surface area (Å²) in [6.07, 6.45) is 7.87. The van der Waals surface area contributed by atoms with Crippen LogP contribution in [0.3, 0.4) is 0 Å². The second kappa shape index (κ2) is 15.2. The zero-order valence-electron chi connectivity index (χ0n) is 28.4. The van der Waals surface area contributed by atoms with Crippen LogP contribution in [0, 0.1) is 11.8 Å². The number of ether oxygens (including phenoxy) is 2. The van der Waals surface area contributed by atoms with Crippen molar-refractivity contribution in [1.29, 1.82) is 0 Å². The number of likely N-dealkylation sites (tertiary alicyclic amines) is 1. The van der Waals surface area contributed by atoms with E-state index < -0.39 is 27.4 Å². The number of hydrogen-bond acceptors (Lipinski definition) is 7. The normalized spacial score (nSPS) is 25.5. The van der Waals surface area contributed by atoms with Gasteiger partial charge in [-0.3, -0.25) is 14.4 Å². The van der Waals surface area contributed by atoms with Gasteiger partial charge in [0, 0.05) is 42.4 Å². The Labute approximate surface area is 288 Å². The van der Waals surface area contributed by atoms with E-state index >= 15 is 0 Å². The van der Waals surface area contributed by atoms with E-state index in [0.717, 1.165) is 25.0 Å². The number of amides is 3. The van der Waals surface area contributed by atoms with E-state index in [1.165, 1.54) is 0 Å². The molecule has 2 aromatic carbocycles. The van der Waals surface area contributed by atoms with Gasteiger partial charge in [-0.2, -0.15) is 0 Å². The minimum absolute atomic E-state index is 0.122. The molecule has 1 N–H and O–H groups in total. The molecular formula is C38H49N3O6S. The van der Waals surface area contributed by atoms with Crippen LogP contribution in [0.25, 0.3) is 0 Å². The quantitative estimate of drug-likeness (QED) is 0.166. The molecule has 0 radical (unpaired) electrons. The van der Waals surface area contributed by atoms with Gasteiger partial charge in [-0.05, 0) is 88.1 Å². The van der Waals surface area contributed by atoms with Gasteiger partial charge in [0.25, 0.3) is 5.91 Å². The second-order valence-corrected chi connectivity index (χ2v) is 14.9. The van der Waals surface area contributed by atoms with Gasteiger partial charge >= 0.3 is 0 Å². The van der Waals surface area contributed by atoms with Crippen molar-refractivity contribution in [3.05, 3.63) is 73.8 Å². The molecule has 5 atom stereocenters. The summed E-state index contributed by atoms with van der Waals surface area (Å²) in [6, 6.07) is 14.0. The molecule has 1 spiro atoms. The monoisotopic (exact) mass is 675 g/mol. The number of nitrogens with zero attached hydrogens (tertiary/aromatic N) is 3. The summed E-state index contributed by atoms with van der Waals surface area (Å²) in [4.78, 5) is 49.7. The number of aliphatic hydroxyl groups is 1. The summed E-state index contributed by atoms with van der Waals surface area (Å²) in [5, 5.41) is 9.29. The van der Waals surface area contributed by atoms with Gasteiger partial charge in [0.1, 0.15) is 17.5 Å². The fourth-order valence-electron chi connectivity index (χ4n) is 7.94. The molecule has 258 valence electrons. The minimum Gasteiger partial charge on any atom is -0.497 e. The average molecular weight is 676 g/mol. The molecule has 9 nitrogen and oxygen atoms in total. The highest BCUT2D eigenvalue weighted by Gasteiger charge is 2.77. The molecule has 0 aromatic heterocycles. The van der Waals surface area contributed by atoms with E-state index in [4.69, 9.17) is 9.47 Å². The molecule has 3 heterocycles. The predicted molar refractivity (Wildman–Crippen MR) is 192 cm³/mol. The second-order valence-electron chi connectivity index (χ2n) is 13.0. The number of benzene rings is 2. The molecule has 3 saturated heterocycles. The number of aliphatic hydroxyl groups excluding tert-OH is 1. The van der Waals surface area contributed by atoms with Crippen molar-refractivity contribution in [2.45, 2.75) is 67.9 Å². The van der Waals surface area contributed by atoms with Crippen LogP contribution in [0.4, 0.5) is 11.4 Å². The van der Waals surface area contributed by atoms with Gasteiger partial charge in [-0.25, -0.2) is 0 Å². The summed E-state index contributed by atoms with van der Waals surface area (Å²) in [6.45, 7) is 13.5. The van der Waals surface area contributed by atoms with Crippen LogP contribution in [-0.2, 0) is 14.4 Å². The first-order chi connectivity index (χ1) is 23.2. The van der Waals surface area contributed by atoms with Crippen molar-refractivity contribution in [1.82, 2.24) is 4.90 Å². The third kappa shape index (κ3) is 6.49. The Hall–Kier alpha value is -3.76. The third-order valence-corrected chi connectivity index (χ3v) is 12.1. The van der Waals surface area contributed by atoms with Crippen molar-refractivity contribution in [3.8, 4) is 11.5 Å². The van der Waals surface area contributed by atoms with Crippen LogP contribution in [-0.4, -0.2) is 83.2 Å². The smallest absolute Gasteiger partial charge is 0.251 e. The van der Waals surface area contributed by atoms with Gasteiger partial charge in [0.05, 0.1) is 30.3 Å². The van der Waals surface area contributed by atoms with E-state index in [-0.39, 0.29) is 30.9 Å². The molecule has 10 heteroatoms. The Bertz CT molecular complexity index is 1480. The van der Waals surface area contributed by atoms with Gasteiger partial charge in [0.15, 0.2) is 0 Å². The lowest BCUT2D eigenvalue weighted by atomic mass is 9.66. The fraction of sp³-hybridized carbons (Fsp3) is 0.500. The number of fused-ring (bicyclic) bond motifs is 1. The van der Waals surface area contributed by atoms with Crippen molar-refractivity contribution in [3.63, 3.8) is 0 Å². The average Bonchev–Trinajstić information content (AvgIpc) is 3.66. The summed E-state index contributed by atoms with van der Waals surface area (Å²) in [7, 11) is 1.60. The van der Waals surface area contributed by atoms with Gasteiger partial charge in [0.2, 0.25) is 11.8 Å². The Balaban J connectivity index is 1.53. The molecule has 0 saturated carbocycles. The number of rotatable bonds is 17. The van der Waals surface area contributed by atoms with Crippen LogP contribution in [0.2, 0.25) is 0 Å². The van der Waals surface area contributed by atoms with E-state index in [1.54, 1.807) is 45.7 Å². The van der Waals surface area contributed by atoms with Gasteiger partial charge < -0.3 is 29.3 Å². The number of anilines is 2. The maximum Gasteiger partial charge on any atom is 0.251 e. The predicted octanol–water partition coefficient (Wildman–Crippen LogP) is 5.87. The van der Waals surface area contributed by atoms with Crippen molar-refractivity contribution < 1.29 is 29.0 Å². The first-order valence-corrected chi connectivity index (χ1v) is 17.8. The number of thioether (sulfide) groups is 1. The van der Waals surface area contributed by atoms with Crippen LogP contribution in [0.5, 0.6) is 11.5 Å². The molecule has 3 amide bonds. The van der Waals surface area contributed by atoms with E-state index in [2.05, 4.69) is 20.1 Å². The van der Waals surface area contributed by atoms with E-state index in [9.17, 15) is 19.5 Å². The van der Waals surface area contributed by atoms with Gasteiger partial charge in [-0.1, -0.05) is 25.0 Å². The molecular weight excluding hydrogens is 627 g/mol. The fourth-order valence-corrected chi connectivity index (χ4v) is 10.3. The molecule has 3 fully saturated rings. The molecule has 3 aliphatic rings. The number of carbonyl (C=O) groups excluding carboxylic acids is 3. The first-order valence-electron chi connectivity index (χ1n) is 17.0. The zero-order valence-corrected chi connectivity index (χ0v) is 29.3. The highest BCUT2D eigenvalue weighted by Crippen LogP contribution is 2.71. The maximum atomic E-state index is 14.9. The van der Waals surface area contributed by atoms with Crippen molar-refractivity contribution >= 4 is 40.9 Å². The molecule has 3 aliphatic heterocycles. The number of carbonyl (C=O) groups is 3. The number of methoxy groups -OCH3 is 1. The zero-order chi connectivity index (χ0) is 34.5. The highest BCUT2D eigenvalue weighted by atomic mass is 32.2. The summed E-state index contributed by atoms with van der Waals surface area (Å²) in [5.74, 6) is -0.260. The largest absolute Gasteiger partial charge is 0.497 e. The lowest BCUT2D eigenvalue weighted by Gasteiger charge is -2.38. The highest BCUT2D eigenvalue weighted by molar-refractivity contribution is 8.02. The first kappa shape index (κ1) is 35.5. The van der Waals surface area contributed by atoms with E-state index in [1.807, 2.05) is 55.5 Å². The Morgan fingerprint density at radius 2 is 1.52 bits per heavy atom. The third-order valence-electron chi connectivity index (χ3n) is 10.1. The Morgan fingerprint density at radius 1 is 0.938 bits per heavy atom. The van der Waals surface area contributed by atoms with Crippen LogP contribution in [0.15, 0.2) is 73.8 Å². The Kier molecular flexibility index (Phi) is 11.3. The SMILES string of the molecule is C=CCN(C(=O)C1N(CCCCCCO)C(=O)[C@@H]2[C@@H](C(=O)N(CC=C)c3ccc(OCC)cc3)[C@@]3(C)CCC12S3)c1ccc(OC)cc1. The summed E-state index contributed by atoms with van der Waals surface area (Å²) >= 11 is 1.67. The van der Waals surface area contributed by atoms with Crippen molar-refractivity contribution in [2.24, 2.45) is 11.8 Å². The molecule has 48 heavy (non-hydrogen) atoms. The molecule has 2 bridgehead atoms. The molecule has 5 rings (SSSR count). The summed E-state index contributed by atoms with van der Waals surface area (Å²) in [5.41, 5.74) is 1.41. The molecule has 2 unspecified atom stereocenters. The molecule has 2 aromatic rings. The topological polar surface area (TPSA) is 99.6 Å². The maximum absolute atomic E-state index is 14.9. The molecule has 0 aliphatic carbocycles.